The normalized spacial score (nSPS) is 13.5. The molecule has 74 valence electrons. The first-order valence-electron chi connectivity index (χ1n) is 4.12. The number of rotatable bonds is 1. The van der Waals surface area contributed by atoms with Crippen molar-refractivity contribution >= 4 is 17.4 Å². The Morgan fingerprint density at radius 3 is 3.00 bits per heavy atom. The standard InChI is InChI=1S/C9H9ClN2O2/c10-6-7(13)5(9(11)12)3-4-1-2-14-8(4)6/h3,13H,1-2H2,(H3,11,12). The van der Waals surface area contributed by atoms with Crippen LogP contribution < -0.4 is 10.5 Å². The molecule has 0 spiro atoms. The van der Waals surface area contributed by atoms with E-state index >= 15 is 0 Å². The van der Waals surface area contributed by atoms with Gasteiger partial charge in [0, 0.05) is 12.0 Å². The van der Waals surface area contributed by atoms with Crippen LogP contribution in [0.25, 0.3) is 0 Å². The van der Waals surface area contributed by atoms with Crippen LogP contribution in [0.3, 0.4) is 0 Å². The quantitative estimate of drug-likeness (QED) is 0.484. The minimum atomic E-state index is -0.195. The maximum atomic E-state index is 9.60. The van der Waals surface area contributed by atoms with E-state index in [-0.39, 0.29) is 22.2 Å². The van der Waals surface area contributed by atoms with Gasteiger partial charge in [-0.15, -0.1) is 0 Å². The van der Waals surface area contributed by atoms with Gasteiger partial charge in [-0.1, -0.05) is 11.6 Å². The maximum absolute atomic E-state index is 9.60. The molecule has 0 unspecified atom stereocenters. The van der Waals surface area contributed by atoms with Crippen LogP contribution in [0.5, 0.6) is 11.5 Å². The fraction of sp³-hybridized carbons (Fsp3) is 0.222. The highest BCUT2D eigenvalue weighted by atomic mass is 35.5. The third kappa shape index (κ3) is 1.19. The molecule has 4 nitrogen and oxygen atoms in total. The summed E-state index contributed by atoms with van der Waals surface area (Å²) < 4.78 is 5.24. The van der Waals surface area contributed by atoms with E-state index in [1.807, 2.05) is 0 Å². The fourth-order valence-electron chi connectivity index (χ4n) is 1.48. The Bertz CT molecular complexity index is 418. The van der Waals surface area contributed by atoms with Gasteiger partial charge in [0.2, 0.25) is 0 Å². The third-order valence-corrected chi connectivity index (χ3v) is 2.53. The number of hydrogen-bond acceptors (Lipinski definition) is 3. The van der Waals surface area contributed by atoms with Gasteiger partial charge in [-0.3, -0.25) is 5.41 Å². The van der Waals surface area contributed by atoms with Gasteiger partial charge in [0.05, 0.1) is 12.2 Å². The molecule has 4 N–H and O–H groups in total. The van der Waals surface area contributed by atoms with E-state index < -0.39 is 0 Å². The summed E-state index contributed by atoms with van der Waals surface area (Å²) in [6.45, 7) is 0.551. The van der Waals surface area contributed by atoms with Gasteiger partial charge in [-0.2, -0.15) is 0 Å². The second-order valence-electron chi connectivity index (χ2n) is 3.09. The lowest BCUT2D eigenvalue weighted by Gasteiger charge is -2.08. The predicted octanol–water partition coefficient (Wildman–Crippen LogP) is 1.26. The monoisotopic (exact) mass is 212 g/mol. The second kappa shape index (κ2) is 3.06. The second-order valence-corrected chi connectivity index (χ2v) is 3.47. The molecular weight excluding hydrogens is 204 g/mol. The number of nitrogens with two attached hydrogens (primary N) is 1. The van der Waals surface area contributed by atoms with Crippen molar-refractivity contribution in [1.82, 2.24) is 0 Å². The smallest absolute Gasteiger partial charge is 0.148 e. The SMILES string of the molecule is N=C(N)c1cc2c(c(Cl)c1O)OCC2. The van der Waals surface area contributed by atoms with Crippen LogP contribution in [0, 0.1) is 5.41 Å². The van der Waals surface area contributed by atoms with E-state index in [0.717, 1.165) is 12.0 Å². The minimum absolute atomic E-state index is 0.144. The number of phenols is 1. The first kappa shape index (κ1) is 9.15. The summed E-state index contributed by atoms with van der Waals surface area (Å²) >= 11 is 5.86. The fourth-order valence-corrected chi connectivity index (χ4v) is 1.76. The Labute approximate surface area is 85.8 Å². The first-order valence-corrected chi connectivity index (χ1v) is 4.50. The number of benzene rings is 1. The van der Waals surface area contributed by atoms with Crippen LogP contribution in [0.4, 0.5) is 0 Å². The van der Waals surface area contributed by atoms with Crippen molar-refractivity contribution < 1.29 is 9.84 Å². The van der Waals surface area contributed by atoms with Crippen molar-refractivity contribution in [3.8, 4) is 11.5 Å². The lowest BCUT2D eigenvalue weighted by Crippen LogP contribution is -2.11. The Morgan fingerprint density at radius 1 is 1.64 bits per heavy atom. The van der Waals surface area contributed by atoms with E-state index in [9.17, 15) is 5.11 Å². The number of hydrogen-bond donors (Lipinski definition) is 3. The van der Waals surface area contributed by atoms with Crippen LogP contribution >= 0.6 is 11.6 Å². The van der Waals surface area contributed by atoms with Crippen molar-refractivity contribution in [1.29, 1.82) is 5.41 Å². The summed E-state index contributed by atoms with van der Waals surface area (Å²) in [4.78, 5) is 0. The highest BCUT2D eigenvalue weighted by Gasteiger charge is 2.22. The lowest BCUT2D eigenvalue weighted by atomic mass is 10.1. The molecule has 1 aliphatic heterocycles. The van der Waals surface area contributed by atoms with Gasteiger partial charge in [-0.25, -0.2) is 0 Å². The molecule has 0 atom stereocenters. The number of nitrogens with one attached hydrogen (secondary N) is 1. The van der Waals surface area contributed by atoms with Crippen molar-refractivity contribution in [3.05, 3.63) is 22.2 Å². The van der Waals surface area contributed by atoms with Crippen LogP contribution in [-0.4, -0.2) is 17.5 Å². The van der Waals surface area contributed by atoms with Crippen molar-refractivity contribution in [2.45, 2.75) is 6.42 Å². The zero-order valence-corrected chi connectivity index (χ0v) is 8.06. The average Bonchev–Trinajstić information content (AvgIpc) is 2.58. The first-order chi connectivity index (χ1) is 6.61. The minimum Gasteiger partial charge on any atom is -0.505 e. The van der Waals surface area contributed by atoms with Crippen molar-refractivity contribution in [2.75, 3.05) is 6.61 Å². The van der Waals surface area contributed by atoms with E-state index in [2.05, 4.69) is 0 Å². The van der Waals surface area contributed by atoms with Gasteiger partial charge >= 0.3 is 0 Å². The number of ether oxygens (including phenoxy) is 1. The number of aromatic hydroxyl groups is 1. The Morgan fingerprint density at radius 2 is 2.36 bits per heavy atom. The van der Waals surface area contributed by atoms with Crippen molar-refractivity contribution in [2.24, 2.45) is 5.73 Å². The molecule has 0 saturated heterocycles. The molecule has 5 heteroatoms. The molecule has 1 heterocycles. The van der Waals surface area contributed by atoms with E-state index in [1.165, 1.54) is 0 Å². The summed E-state index contributed by atoms with van der Waals surface area (Å²) in [5.41, 5.74) is 6.45. The molecule has 0 bridgehead atoms. The van der Waals surface area contributed by atoms with Gasteiger partial charge in [0.25, 0.3) is 0 Å². The Hall–Kier alpha value is -1.42. The van der Waals surface area contributed by atoms with Crippen LogP contribution in [0.2, 0.25) is 5.02 Å². The topological polar surface area (TPSA) is 79.3 Å². The molecule has 1 aromatic carbocycles. The molecule has 2 rings (SSSR count). The highest BCUT2D eigenvalue weighted by Crippen LogP contribution is 2.41. The predicted molar refractivity (Wildman–Crippen MR) is 53.3 cm³/mol. The molecule has 0 aliphatic carbocycles. The maximum Gasteiger partial charge on any atom is 0.148 e. The van der Waals surface area contributed by atoms with Gasteiger partial charge in [0.15, 0.2) is 0 Å². The number of fused-ring (bicyclic) bond motifs is 1. The summed E-state index contributed by atoms with van der Waals surface area (Å²) in [7, 11) is 0. The Balaban J connectivity index is 2.67. The molecule has 0 amide bonds. The zero-order chi connectivity index (χ0) is 10.3. The number of nitrogen functional groups attached to an aromatic ring is 1. The van der Waals surface area contributed by atoms with E-state index in [4.69, 9.17) is 27.5 Å². The van der Waals surface area contributed by atoms with Gasteiger partial charge < -0.3 is 15.6 Å². The van der Waals surface area contributed by atoms with Crippen LogP contribution in [-0.2, 0) is 6.42 Å². The number of halogens is 1. The molecule has 0 radical (unpaired) electrons. The lowest BCUT2D eigenvalue weighted by molar-refractivity contribution is 0.354. The summed E-state index contributed by atoms with van der Waals surface area (Å²) in [6, 6.07) is 1.64. The van der Waals surface area contributed by atoms with Crippen LogP contribution in [0.1, 0.15) is 11.1 Å². The summed E-state index contributed by atoms with van der Waals surface area (Å²) in [5.74, 6) is 0.132. The highest BCUT2D eigenvalue weighted by molar-refractivity contribution is 6.34. The molecule has 0 saturated carbocycles. The average molecular weight is 213 g/mol. The Kier molecular flexibility index (Phi) is 2.00. The summed E-state index contributed by atoms with van der Waals surface area (Å²) in [5, 5.41) is 17.0. The van der Waals surface area contributed by atoms with Crippen LogP contribution in [0.15, 0.2) is 6.07 Å². The molecule has 1 aliphatic rings. The largest absolute Gasteiger partial charge is 0.505 e. The molecule has 1 aromatic rings. The summed E-state index contributed by atoms with van der Waals surface area (Å²) in [6.07, 6.45) is 0.732. The van der Waals surface area contributed by atoms with Gasteiger partial charge in [0.1, 0.15) is 22.4 Å². The van der Waals surface area contributed by atoms with E-state index in [1.54, 1.807) is 6.07 Å². The van der Waals surface area contributed by atoms with Gasteiger partial charge in [-0.05, 0) is 6.07 Å². The molecular formula is C9H9ClN2O2. The van der Waals surface area contributed by atoms with E-state index in [0.29, 0.717) is 12.4 Å². The number of amidine groups is 1. The van der Waals surface area contributed by atoms with Crippen molar-refractivity contribution in [3.63, 3.8) is 0 Å². The molecule has 14 heavy (non-hydrogen) atoms. The number of phenolic OH excluding ortho intramolecular Hbond substituents is 1. The third-order valence-electron chi connectivity index (χ3n) is 2.18. The molecule has 0 fully saturated rings. The zero-order valence-electron chi connectivity index (χ0n) is 7.30. The molecule has 0 aromatic heterocycles.